The van der Waals surface area contributed by atoms with Crippen LogP contribution in [0.3, 0.4) is 0 Å². The molecule has 1 amide bonds. The van der Waals surface area contributed by atoms with Crippen molar-refractivity contribution in [3.8, 4) is 11.5 Å². The Morgan fingerprint density at radius 1 is 1.23 bits per heavy atom. The molecule has 134 valence electrons. The molecule has 0 saturated heterocycles. The van der Waals surface area contributed by atoms with Gasteiger partial charge in [-0.25, -0.2) is 4.98 Å². The minimum absolute atomic E-state index is 0.0348. The molecule has 0 bridgehead atoms. The summed E-state index contributed by atoms with van der Waals surface area (Å²) < 4.78 is 10.6. The Balaban J connectivity index is 1.42. The van der Waals surface area contributed by atoms with E-state index in [9.17, 15) is 9.59 Å². The number of aromatic nitrogens is 1. The molecule has 2 heterocycles. The molecular formula is C19H18N2O4S. The summed E-state index contributed by atoms with van der Waals surface area (Å²) in [6.45, 7) is 2.27. The lowest BCUT2D eigenvalue weighted by atomic mass is 10.1. The van der Waals surface area contributed by atoms with Gasteiger partial charge in [0.15, 0.2) is 0 Å². The predicted molar refractivity (Wildman–Crippen MR) is 97.7 cm³/mol. The minimum atomic E-state index is -0.406. The summed E-state index contributed by atoms with van der Waals surface area (Å²) in [6.07, 6.45) is 1.57. The van der Waals surface area contributed by atoms with E-state index in [1.54, 1.807) is 12.1 Å². The third kappa shape index (κ3) is 4.80. The number of nitrogens with one attached hydrogen (secondary N) is 1. The summed E-state index contributed by atoms with van der Waals surface area (Å²) in [5.41, 5.74) is 2.56. The number of rotatable bonds is 7. The van der Waals surface area contributed by atoms with Crippen molar-refractivity contribution in [3.05, 3.63) is 64.2 Å². The van der Waals surface area contributed by atoms with Crippen LogP contribution in [0.4, 0.5) is 0 Å². The highest BCUT2D eigenvalue weighted by Crippen LogP contribution is 2.19. The normalized spacial score (nSPS) is 10.5. The lowest BCUT2D eigenvalue weighted by molar-refractivity contribution is -0.144. The Hall–Kier alpha value is -2.93. The maximum atomic E-state index is 11.8. The average Bonchev–Trinajstić information content (AvgIpc) is 3.32. The van der Waals surface area contributed by atoms with Crippen molar-refractivity contribution in [1.29, 1.82) is 0 Å². The van der Waals surface area contributed by atoms with E-state index in [0.717, 1.165) is 11.1 Å². The van der Waals surface area contributed by atoms with Crippen LogP contribution < -0.4 is 5.32 Å². The molecule has 0 radical (unpaired) electrons. The van der Waals surface area contributed by atoms with E-state index in [-0.39, 0.29) is 25.5 Å². The zero-order valence-corrected chi connectivity index (χ0v) is 15.0. The number of hydrogen-bond acceptors (Lipinski definition) is 6. The fourth-order valence-electron chi connectivity index (χ4n) is 2.20. The molecule has 6 nitrogen and oxygen atoms in total. The fraction of sp³-hybridized carbons (Fsp3) is 0.211. The van der Waals surface area contributed by atoms with Crippen molar-refractivity contribution < 1.29 is 18.7 Å². The standard InChI is InChI=1S/C19H18N2O4S/c1-13-4-6-14(7-5-13)19-21-15(12-25-19)11-24-17(22)8-9-20-18(23)16-3-2-10-26-16/h2-7,10,12H,8-9,11H2,1H3,(H,20,23). The van der Waals surface area contributed by atoms with Crippen LogP contribution in [0.2, 0.25) is 0 Å². The monoisotopic (exact) mass is 370 g/mol. The third-order valence-corrected chi connectivity index (χ3v) is 4.46. The van der Waals surface area contributed by atoms with Gasteiger partial charge in [0, 0.05) is 12.1 Å². The first kappa shape index (κ1) is 17.9. The number of thiophene rings is 1. The number of aryl methyl sites for hydroxylation is 1. The zero-order chi connectivity index (χ0) is 18.4. The molecule has 0 unspecified atom stereocenters. The van der Waals surface area contributed by atoms with Gasteiger partial charge in [-0.1, -0.05) is 23.8 Å². The van der Waals surface area contributed by atoms with Crippen molar-refractivity contribution >= 4 is 23.2 Å². The molecule has 0 atom stereocenters. The smallest absolute Gasteiger partial charge is 0.307 e. The van der Waals surface area contributed by atoms with E-state index in [0.29, 0.717) is 16.5 Å². The summed E-state index contributed by atoms with van der Waals surface area (Å²) in [6, 6.07) is 11.3. The lowest BCUT2D eigenvalue weighted by Crippen LogP contribution is -2.25. The van der Waals surface area contributed by atoms with Gasteiger partial charge in [-0.2, -0.15) is 0 Å². The number of ether oxygens (including phenoxy) is 1. The van der Waals surface area contributed by atoms with Gasteiger partial charge in [-0.05, 0) is 30.5 Å². The minimum Gasteiger partial charge on any atom is -0.459 e. The van der Waals surface area contributed by atoms with Gasteiger partial charge >= 0.3 is 5.97 Å². The number of benzene rings is 1. The topological polar surface area (TPSA) is 81.4 Å². The van der Waals surface area contributed by atoms with Gasteiger partial charge < -0.3 is 14.5 Å². The second-order valence-corrected chi connectivity index (χ2v) is 6.60. The number of hydrogen-bond donors (Lipinski definition) is 1. The van der Waals surface area contributed by atoms with Crippen LogP contribution in [0.25, 0.3) is 11.5 Å². The molecule has 0 spiro atoms. The second-order valence-electron chi connectivity index (χ2n) is 5.65. The molecule has 0 saturated carbocycles. The molecule has 7 heteroatoms. The van der Waals surface area contributed by atoms with Crippen molar-refractivity contribution in [3.63, 3.8) is 0 Å². The second kappa shape index (κ2) is 8.44. The Kier molecular flexibility index (Phi) is 5.80. The van der Waals surface area contributed by atoms with Gasteiger partial charge in [0.2, 0.25) is 5.89 Å². The molecule has 1 N–H and O–H groups in total. The summed E-state index contributed by atoms with van der Waals surface area (Å²) in [4.78, 5) is 28.4. The van der Waals surface area contributed by atoms with Crippen LogP contribution in [-0.4, -0.2) is 23.4 Å². The Morgan fingerprint density at radius 3 is 2.77 bits per heavy atom. The van der Waals surface area contributed by atoms with Crippen molar-refractivity contribution in [1.82, 2.24) is 10.3 Å². The van der Waals surface area contributed by atoms with Crippen molar-refractivity contribution in [2.24, 2.45) is 0 Å². The van der Waals surface area contributed by atoms with E-state index in [1.165, 1.54) is 17.6 Å². The van der Waals surface area contributed by atoms with E-state index >= 15 is 0 Å². The third-order valence-electron chi connectivity index (χ3n) is 3.59. The van der Waals surface area contributed by atoms with Gasteiger partial charge in [-0.15, -0.1) is 11.3 Å². The van der Waals surface area contributed by atoms with E-state index in [1.807, 2.05) is 36.6 Å². The van der Waals surface area contributed by atoms with E-state index < -0.39 is 5.97 Å². The average molecular weight is 370 g/mol. The first-order valence-corrected chi connectivity index (χ1v) is 8.98. The number of esters is 1. The SMILES string of the molecule is Cc1ccc(-c2nc(COC(=O)CCNC(=O)c3cccs3)co2)cc1. The lowest BCUT2D eigenvalue weighted by Gasteiger charge is -2.04. The molecule has 0 aliphatic rings. The summed E-state index contributed by atoms with van der Waals surface area (Å²) in [5.74, 6) is -0.109. The van der Waals surface area contributed by atoms with Crippen LogP contribution in [-0.2, 0) is 16.1 Å². The summed E-state index contributed by atoms with van der Waals surface area (Å²) in [5, 5.41) is 4.51. The van der Waals surface area contributed by atoms with Gasteiger partial charge in [0.1, 0.15) is 18.6 Å². The molecule has 0 aliphatic carbocycles. The summed E-state index contributed by atoms with van der Waals surface area (Å²) in [7, 11) is 0. The van der Waals surface area contributed by atoms with Crippen molar-refractivity contribution in [2.45, 2.75) is 20.0 Å². The first-order chi connectivity index (χ1) is 12.6. The fourth-order valence-corrected chi connectivity index (χ4v) is 2.84. The maximum absolute atomic E-state index is 11.8. The highest BCUT2D eigenvalue weighted by Gasteiger charge is 2.11. The van der Waals surface area contributed by atoms with Crippen LogP contribution in [0.5, 0.6) is 0 Å². The quantitative estimate of drug-likeness (QED) is 0.643. The molecular weight excluding hydrogens is 352 g/mol. The first-order valence-electron chi connectivity index (χ1n) is 8.10. The highest BCUT2D eigenvalue weighted by molar-refractivity contribution is 7.12. The highest BCUT2D eigenvalue weighted by atomic mass is 32.1. The van der Waals surface area contributed by atoms with Gasteiger partial charge in [0.25, 0.3) is 5.91 Å². The molecule has 0 fully saturated rings. The van der Waals surface area contributed by atoms with Crippen molar-refractivity contribution in [2.75, 3.05) is 6.54 Å². The Bertz CT molecular complexity index is 869. The van der Waals surface area contributed by atoms with Crippen LogP contribution in [0, 0.1) is 6.92 Å². The van der Waals surface area contributed by atoms with Crippen LogP contribution >= 0.6 is 11.3 Å². The van der Waals surface area contributed by atoms with Gasteiger partial charge in [-0.3, -0.25) is 9.59 Å². The largest absolute Gasteiger partial charge is 0.459 e. The van der Waals surface area contributed by atoms with E-state index in [4.69, 9.17) is 9.15 Å². The number of carbonyl (C=O) groups excluding carboxylic acids is 2. The number of oxazole rings is 1. The molecule has 0 aliphatic heterocycles. The summed E-state index contributed by atoms with van der Waals surface area (Å²) >= 11 is 1.35. The number of carbonyl (C=O) groups is 2. The van der Waals surface area contributed by atoms with E-state index in [2.05, 4.69) is 10.3 Å². The number of nitrogens with zero attached hydrogens (tertiary/aromatic N) is 1. The van der Waals surface area contributed by atoms with Gasteiger partial charge in [0.05, 0.1) is 11.3 Å². The molecule has 1 aromatic carbocycles. The number of amides is 1. The molecule has 2 aromatic heterocycles. The van der Waals surface area contributed by atoms with Crippen LogP contribution in [0.1, 0.15) is 27.3 Å². The molecule has 3 aromatic rings. The Morgan fingerprint density at radius 2 is 2.04 bits per heavy atom. The zero-order valence-electron chi connectivity index (χ0n) is 14.2. The Labute approximate surface area is 154 Å². The predicted octanol–water partition coefficient (Wildman–Crippen LogP) is 3.57. The molecule has 26 heavy (non-hydrogen) atoms. The maximum Gasteiger partial charge on any atom is 0.307 e. The van der Waals surface area contributed by atoms with Crippen LogP contribution in [0.15, 0.2) is 52.5 Å². The molecule has 3 rings (SSSR count).